The van der Waals surface area contributed by atoms with Gasteiger partial charge >= 0.3 is 0 Å². The fraction of sp³-hybridized carbons (Fsp3) is 1.00. The molecule has 2 aliphatic heterocycles. The third kappa shape index (κ3) is 3.19. The van der Waals surface area contributed by atoms with Gasteiger partial charge in [-0.3, -0.25) is 4.90 Å². The fourth-order valence-corrected chi connectivity index (χ4v) is 2.73. The molecule has 94 valence electrons. The maximum atomic E-state index is 5.84. The molecule has 2 rings (SSSR count). The second kappa shape index (κ2) is 5.99. The molecule has 0 aromatic heterocycles. The summed E-state index contributed by atoms with van der Waals surface area (Å²) in [6.45, 7) is 9.02. The van der Waals surface area contributed by atoms with Crippen molar-refractivity contribution in [2.24, 2.45) is 0 Å². The lowest BCUT2D eigenvalue weighted by atomic mass is 10.0. The summed E-state index contributed by atoms with van der Waals surface area (Å²) in [4.78, 5) is 2.61. The molecule has 0 aromatic carbocycles. The zero-order chi connectivity index (χ0) is 11.4. The summed E-state index contributed by atoms with van der Waals surface area (Å²) in [6.07, 6.45) is 5.59. The highest BCUT2D eigenvalue weighted by molar-refractivity contribution is 4.84. The van der Waals surface area contributed by atoms with Gasteiger partial charge in [0.15, 0.2) is 0 Å². The summed E-state index contributed by atoms with van der Waals surface area (Å²) < 4.78 is 5.84. The SMILES string of the molecule is CCC1CN(CC2CCCCO2)C(C)CN1. The lowest BCUT2D eigenvalue weighted by Crippen LogP contribution is -2.57. The molecule has 0 saturated carbocycles. The quantitative estimate of drug-likeness (QED) is 0.791. The third-order valence-corrected chi connectivity index (χ3v) is 3.99. The molecule has 2 fully saturated rings. The Kier molecular flexibility index (Phi) is 4.62. The molecular formula is C13H26N2O. The van der Waals surface area contributed by atoms with Crippen LogP contribution >= 0.6 is 0 Å². The Hall–Kier alpha value is -0.120. The Morgan fingerprint density at radius 1 is 1.38 bits per heavy atom. The Balaban J connectivity index is 1.81. The first-order valence-electron chi connectivity index (χ1n) is 6.88. The number of nitrogens with zero attached hydrogens (tertiary/aromatic N) is 1. The second-order valence-electron chi connectivity index (χ2n) is 5.30. The van der Waals surface area contributed by atoms with Gasteiger partial charge in [0, 0.05) is 38.3 Å². The third-order valence-electron chi connectivity index (χ3n) is 3.99. The zero-order valence-corrected chi connectivity index (χ0v) is 10.7. The van der Waals surface area contributed by atoms with E-state index in [1.165, 1.54) is 32.2 Å². The summed E-state index contributed by atoms with van der Waals surface area (Å²) in [5, 5.41) is 3.60. The van der Waals surface area contributed by atoms with E-state index in [1.807, 2.05) is 0 Å². The molecule has 2 heterocycles. The normalized spacial score (nSPS) is 37.5. The van der Waals surface area contributed by atoms with Gasteiger partial charge in [0.25, 0.3) is 0 Å². The van der Waals surface area contributed by atoms with Crippen molar-refractivity contribution in [2.45, 2.75) is 57.7 Å². The van der Waals surface area contributed by atoms with Crippen LogP contribution in [-0.4, -0.2) is 49.3 Å². The molecule has 2 aliphatic rings. The Morgan fingerprint density at radius 2 is 2.25 bits per heavy atom. The second-order valence-corrected chi connectivity index (χ2v) is 5.30. The highest BCUT2D eigenvalue weighted by Crippen LogP contribution is 2.17. The van der Waals surface area contributed by atoms with Crippen LogP contribution in [0, 0.1) is 0 Å². The smallest absolute Gasteiger partial charge is 0.0702 e. The lowest BCUT2D eigenvalue weighted by molar-refractivity contribution is -0.0194. The Bertz CT molecular complexity index is 204. The molecule has 0 aliphatic carbocycles. The van der Waals surface area contributed by atoms with Crippen molar-refractivity contribution in [1.82, 2.24) is 10.2 Å². The van der Waals surface area contributed by atoms with E-state index in [0.717, 1.165) is 19.7 Å². The van der Waals surface area contributed by atoms with E-state index in [4.69, 9.17) is 4.74 Å². The average molecular weight is 226 g/mol. The predicted octanol–water partition coefficient (Wildman–Crippen LogP) is 1.63. The van der Waals surface area contributed by atoms with Crippen LogP contribution < -0.4 is 5.32 Å². The molecule has 3 atom stereocenters. The summed E-state index contributed by atoms with van der Waals surface area (Å²) in [7, 11) is 0. The first-order valence-corrected chi connectivity index (χ1v) is 6.88. The van der Waals surface area contributed by atoms with Gasteiger partial charge in [-0.25, -0.2) is 0 Å². The van der Waals surface area contributed by atoms with Gasteiger partial charge in [-0.15, -0.1) is 0 Å². The predicted molar refractivity (Wildman–Crippen MR) is 66.7 cm³/mol. The van der Waals surface area contributed by atoms with Gasteiger partial charge in [-0.1, -0.05) is 6.92 Å². The molecule has 3 heteroatoms. The van der Waals surface area contributed by atoms with Gasteiger partial charge in [0.05, 0.1) is 6.10 Å². The number of hydrogen-bond donors (Lipinski definition) is 1. The first kappa shape index (κ1) is 12.3. The van der Waals surface area contributed by atoms with Gasteiger partial charge in [-0.05, 0) is 32.6 Å². The number of ether oxygens (including phenoxy) is 1. The molecular weight excluding hydrogens is 200 g/mol. The molecule has 0 aromatic rings. The average Bonchev–Trinajstić information content (AvgIpc) is 2.33. The van der Waals surface area contributed by atoms with Crippen LogP contribution in [-0.2, 0) is 4.74 Å². The molecule has 0 bridgehead atoms. The van der Waals surface area contributed by atoms with Gasteiger partial charge in [0.2, 0.25) is 0 Å². The molecule has 1 N–H and O–H groups in total. The standard InChI is InChI=1S/C13H26N2O/c1-3-12-9-15(11(2)8-14-12)10-13-6-4-5-7-16-13/h11-14H,3-10H2,1-2H3. The topological polar surface area (TPSA) is 24.5 Å². The summed E-state index contributed by atoms with van der Waals surface area (Å²) in [6, 6.07) is 1.34. The highest BCUT2D eigenvalue weighted by Gasteiger charge is 2.26. The summed E-state index contributed by atoms with van der Waals surface area (Å²) in [5.41, 5.74) is 0. The van der Waals surface area contributed by atoms with Crippen molar-refractivity contribution in [3.63, 3.8) is 0 Å². The van der Waals surface area contributed by atoms with Crippen molar-refractivity contribution in [3.05, 3.63) is 0 Å². The van der Waals surface area contributed by atoms with E-state index in [9.17, 15) is 0 Å². The van der Waals surface area contributed by atoms with Crippen LogP contribution in [0.2, 0.25) is 0 Å². The molecule has 0 radical (unpaired) electrons. The molecule has 3 nitrogen and oxygen atoms in total. The van der Waals surface area contributed by atoms with E-state index >= 15 is 0 Å². The van der Waals surface area contributed by atoms with Crippen LogP contribution in [0.25, 0.3) is 0 Å². The number of rotatable bonds is 3. The zero-order valence-electron chi connectivity index (χ0n) is 10.7. The Morgan fingerprint density at radius 3 is 2.94 bits per heavy atom. The van der Waals surface area contributed by atoms with Crippen LogP contribution in [0.1, 0.15) is 39.5 Å². The minimum atomic E-state index is 0.492. The molecule has 16 heavy (non-hydrogen) atoms. The first-order chi connectivity index (χ1) is 7.79. The monoisotopic (exact) mass is 226 g/mol. The van der Waals surface area contributed by atoms with Crippen molar-refractivity contribution in [3.8, 4) is 0 Å². The summed E-state index contributed by atoms with van der Waals surface area (Å²) in [5.74, 6) is 0. The van der Waals surface area contributed by atoms with Gasteiger partial charge < -0.3 is 10.1 Å². The van der Waals surface area contributed by atoms with E-state index in [0.29, 0.717) is 18.2 Å². The molecule has 2 saturated heterocycles. The van der Waals surface area contributed by atoms with E-state index in [2.05, 4.69) is 24.1 Å². The van der Waals surface area contributed by atoms with Crippen molar-refractivity contribution < 1.29 is 4.74 Å². The lowest BCUT2D eigenvalue weighted by Gasteiger charge is -2.40. The van der Waals surface area contributed by atoms with E-state index in [-0.39, 0.29) is 0 Å². The largest absolute Gasteiger partial charge is 0.377 e. The minimum absolute atomic E-state index is 0.492. The fourth-order valence-electron chi connectivity index (χ4n) is 2.73. The van der Waals surface area contributed by atoms with Crippen LogP contribution in [0.3, 0.4) is 0 Å². The van der Waals surface area contributed by atoms with E-state index in [1.54, 1.807) is 0 Å². The van der Waals surface area contributed by atoms with Crippen molar-refractivity contribution in [2.75, 3.05) is 26.2 Å². The highest BCUT2D eigenvalue weighted by atomic mass is 16.5. The van der Waals surface area contributed by atoms with Crippen molar-refractivity contribution >= 4 is 0 Å². The van der Waals surface area contributed by atoms with Gasteiger partial charge in [-0.2, -0.15) is 0 Å². The summed E-state index contributed by atoms with van der Waals surface area (Å²) >= 11 is 0. The van der Waals surface area contributed by atoms with Crippen LogP contribution in [0.15, 0.2) is 0 Å². The van der Waals surface area contributed by atoms with E-state index < -0.39 is 0 Å². The maximum Gasteiger partial charge on any atom is 0.0702 e. The number of nitrogens with one attached hydrogen (secondary N) is 1. The number of hydrogen-bond acceptors (Lipinski definition) is 3. The maximum absolute atomic E-state index is 5.84. The van der Waals surface area contributed by atoms with Crippen LogP contribution in [0.4, 0.5) is 0 Å². The van der Waals surface area contributed by atoms with Crippen LogP contribution in [0.5, 0.6) is 0 Å². The molecule has 3 unspecified atom stereocenters. The van der Waals surface area contributed by atoms with Crippen molar-refractivity contribution in [1.29, 1.82) is 0 Å². The van der Waals surface area contributed by atoms with Gasteiger partial charge in [0.1, 0.15) is 0 Å². The Labute approximate surface area is 99.5 Å². The minimum Gasteiger partial charge on any atom is -0.377 e. The molecule has 0 spiro atoms. The number of piperazine rings is 1. The molecule has 0 amide bonds.